The van der Waals surface area contributed by atoms with Crippen LogP contribution in [0.1, 0.15) is 13.3 Å². The molecule has 0 N–H and O–H groups in total. The minimum absolute atomic E-state index is 0.0530. The number of para-hydroxylation sites is 4. The molecule has 0 bridgehead atoms. The van der Waals surface area contributed by atoms with E-state index < -0.39 is 11.8 Å². The molecule has 2 fully saturated rings. The van der Waals surface area contributed by atoms with Gasteiger partial charge in [0.2, 0.25) is 0 Å². The van der Waals surface area contributed by atoms with E-state index in [1.54, 1.807) is 48.2 Å². The lowest BCUT2D eigenvalue weighted by Crippen LogP contribution is -2.57. The summed E-state index contributed by atoms with van der Waals surface area (Å²) < 4.78 is 11.7. The lowest BCUT2D eigenvalue weighted by Gasteiger charge is -2.38. The number of nitrogens with zero attached hydrogens (tertiary/aromatic N) is 2. The molecule has 1 atom stereocenters. The van der Waals surface area contributed by atoms with Gasteiger partial charge in [-0.25, -0.2) is 9.80 Å². The third-order valence-corrected chi connectivity index (χ3v) is 8.11. The molecule has 32 heavy (non-hydrogen) atoms. The molecule has 0 aromatic heterocycles. The average molecular weight is 487 g/mol. The maximum absolute atomic E-state index is 13.8. The molecular weight excluding hydrogens is 464 g/mol. The van der Waals surface area contributed by atoms with Crippen LogP contribution in [0.25, 0.3) is 0 Å². The summed E-state index contributed by atoms with van der Waals surface area (Å²) in [7, 11) is 3.07. The van der Waals surface area contributed by atoms with Crippen LogP contribution in [0.15, 0.2) is 58.3 Å². The molecule has 166 valence electrons. The fourth-order valence-electron chi connectivity index (χ4n) is 3.54. The molecule has 2 amide bonds. The Hall–Kier alpha value is -2.49. The van der Waals surface area contributed by atoms with Crippen molar-refractivity contribution < 1.29 is 19.1 Å². The summed E-state index contributed by atoms with van der Waals surface area (Å²) in [5, 5.41) is 0.366. The zero-order chi connectivity index (χ0) is 22.8. The molecule has 1 unspecified atom stereocenters. The summed E-state index contributed by atoms with van der Waals surface area (Å²) in [6.07, 6.45) is 1.01. The van der Waals surface area contributed by atoms with E-state index in [4.69, 9.17) is 21.7 Å². The van der Waals surface area contributed by atoms with Gasteiger partial charge in [-0.2, -0.15) is 0 Å². The van der Waals surface area contributed by atoms with E-state index in [2.05, 4.69) is 6.92 Å². The molecule has 2 aromatic rings. The number of thioether (sulfide) groups is 2. The number of carbonyl (C=O) groups is 2. The van der Waals surface area contributed by atoms with Crippen LogP contribution in [0.5, 0.6) is 11.5 Å². The number of hydrogen-bond donors (Lipinski definition) is 0. The predicted molar refractivity (Wildman–Crippen MR) is 135 cm³/mol. The van der Waals surface area contributed by atoms with Gasteiger partial charge in [-0.05, 0) is 48.7 Å². The number of amides is 2. The molecule has 0 radical (unpaired) electrons. The topological polar surface area (TPSA) is 59.1 Å². The summed E-state index contributed by atoms with van der Waals surface area (Å²) in [5.41, 5.74) is 1.08. The fraction of sp³-hybridized carbons (Fsp3) is 0.261. The molecule has 2 heterocycles. The van der Waals surface area contributed by atoms with Crippen LogP contribution < -0.4 is 19.3 Å². The van der Waals surface area contributed by atoms with Crippen LogP contribution >= 0.6 is 35.7 Å². The van der Waals surface area contributed by atoms with Gasteiger partial charge in [0.25, 0.3) is 11.8 Å². The first-order valence-electron chi connectivity index (χ1n) is 10.0. The first-order valence-corrected chi connectivity index (χ1v) is 12.3. The van der Waals surface area contributed by atoms with Crippen molar-refractivity contribution in [1.82, 2.24) is 0 Å². The Morgan fingerprint density at radius 1 is 0.906 bits per heavy atom. The number of methoxy groups -OCH3 is 2. The van der Waals surface area contributed by atoms with E-state index in [1.165, 1.54) is 35.8 Å². The summed E-state index contributed by atoms with van der Waals surface area (Å²) >= 11 is 8.82. The highest BCUT2D eigenvalue weighted by molar-refractivity contribution is 8.23. The maximum atomic E-state index is 13.8. The Balaban J connectivity index is 1.93. The molecular formula is C23H22N2O4S3. The van der Waals surface area contributed by atoms with Gasteiger partial charge in [-0.3, -0.25) is 9.59 Å². The van der Waals surface area contributed by atoms with Gasteiger partial charge in [0.05, 0.1) is 29.8 Å². The Labute approximate surface area is 200 Å². The Bertz CT molecular complexity index is 1050. The summed E-state index contributed by atoms with van der Waals surface area (Å²) in [5.74, 6) is 0.930. The average Bonchev–Trinajstić information content (AvgIpc) is 2.80. The Morgan fingerprint density at radius 2 is 1.41 bits per heavy atom. The number of thiocarbonyl (C=S) groups is 1. The second-order valence-corrected chi connectivity index (χ2v) is 10.3. The third-order valence-electron chi connectivity index (χ3n) is 5.14. The molecule has 9 heteroatoms. The standard InChI is InChI=1S/C23H22N2O4S3/c1-14-12-13-31-22(32-14)19-20(26)24(15-8-4-6-10-17(15)28-2)23(30)25(21(19)27)16-9-5-7-11-18(16)29-3/h4-11,14H,12-13H2,1-3H3. The first kappa shape index (κ1) is 22.7. The molecule has 2 aliphatic heterocycles. The molecule has 2 aromatic carbocycles. The van der Waals surface area contributed by atoms with Crippen molar-refractivity contribution in [2.75, 3.05) is 29.8 Å². The lowest BCUT2D eigenvalue weighted by molar-refractivity contribution is -0.120. The predicted octanol–water partition coefficient (Wildman–Crippen LogP) is 4.84. The summed E-state index contributed by atoms with van der Waals surface area (Å²) in [6, 6.07) is 14.3. The molecule has 4 rings (SSSR count). The zero-order valence-electron chi connectivity index (χ0n) is 17.9. The van der Waals surface area contributed by atoms with Gasteiger partial charge in [0.15, 0.2) is 5.11 Å². The zero-order valence-corrected chi connectivity index (χ0v) is 20.3. The van der Waals surface area contributed by atoms with Gasteiger partial charge >= 0.3 is 0 Å². The van der Waals surface area contributed by atoms with E-state index >= 15 is 0 Å². The van der Waals surface area contributed by atoms with Crippen molar-refractivity contribution in [2.24, 2.45) is 0 Å². The van der Waals surface area contributed by atoms with E-state index in [0.29, 0.717) is 28.1 Å². The minimum atomic E-state index is -0.445. The van der Waals surface area contributed by atoms with Crippen molar-refractivity contribution in [3.63, 3.8) is 0 Å². The highest BCUT2D eigenvalue weighted by Crippen LogP contribution is 2.45. The fourth-order valence-corrected chi connectivity index (χ4v) is 6.94. The minimum Gasteiger partial charge on any atom is -0.495 e. The van der Waals surface area contributed by atoms with Crippen molar-refractivity contribution in [2.45, 2.75) is 18.6 Å². The number of ether oxygens (including phenoxy) is 2. The highest BCUT2D eigenvalue weighted by atomic mass is 32.2. The van der Waals surface area contributed by atoms with E-state index in [1.807, 2.05) is 12.1 Å². The maximum Gasteiger partial charge on any atom is 0.272 e. The summed E-state index contributed by atoms with van der Waals surface area (Å²) in [6.45, 7) is 2.10. The van der Waals surface area contributed by atoms with E-state index in [0.717, 1.165) is 16.4 Å². The normalized spacial score (nSPS) is 19.5. The number of rotatable bonds is 4. The van der Waals surface area contributed by atoms with Crippen LogP contribution in [0, 0.1) is 0 Å². The van der Waals surface area contributed by atoms with Crippen LogP contribution in [0.3, 0.4) is 0 Å². The second-order valence-electron chi connectivity index (χ2n) is 7.14. The number of carbonyl (C=O) groups excluding carboxylic acids is 2. The first-order chi connectivity index (χ1) is 15.5. The molecule has 6 nitrogen and oxygen atoms in total. The van der Waals surface area contributed by atoms with Crippen LogP contribution in [0.2, 0.25) is 0 Å². The van der Waals surface area contributed by atoms with Crippen LogP contribution in [-0.4, -0.2) is 42.1 Å². The number of benzene rings is 2. The van der Waals surface area contributed by atoms with Crippen LogP contribution in [0.4, 0.5) is 11.4 Å². The van der Waals surface area contributed by atoms with Crippen molar-refractivity contribution >= 4 is 64.0 Å². The van der Waals surface area contributed by atoms with Crippen molar-refractivity contribution in [1.29, 1.82) is 0 Å². The molecule has 0 saturated carbocycles. The molecule has 0 aliphatic carbocycles. The van der Waals surface area contributed by atoms with Crippen LogP contribution in [-0.2, 0) is 9.59 Å². The van der Waals surface area contributed by atoms with Gasteiger partial charge in [-0.15, -0.1) is 23.5 Å². The molecule has 0 spiro atoms. The van der Waals surface area contributed by atoms with E-state index in [9.17, 15) is 9.59 Å². The third kappa shape index (κ3) is 4.00. The monoisotopic (exact) mass is 486 g/mol. The van der Waals surface area contributed by atoms with Crippen molar-refractivity contribution in [3.8, 4) is 11.5 Å². The quantitative estimate of drug-likeness (QED) is 0.348. The van der Waals surface area contributed by atoms with Crippen molar-refractivity contribution in [3.05, 3.63) is 58.3 Å². The SMILES string of the molecule is COc1ccccc1N1C(=O)C(=C2SCCC(C)S2)C(=O)N(c2ccccc2OC)C1=S. The Kier molecular flexibility index (Phi) is 6.78. The lowest BCUT2D eigenvalue weighted by atomic mass is 10.1. The smallest absolute Gasteiger partial charge is 0.272 e. The van der Waals surface area contributed by atoms with Gasteiger partial charge in [0.1, 0.15) is 17.1 Å². The summed E-state index contributed by atoms with van der Waals surface area (Å²) in [4.78, 5) is 30.3. The van der Waals surface area contributed by atoms with E-state index in [-0.39, 0.29) is 10.7 Å². The van der Waals surface area contributed by atoms with Gasteiger partial charge in [-0.1, -0.05) is 31.2 Å². The number of anilines is 2. The highest BCUT2D eigenvalue weighted by Gasteiger charge is 2.45. The van der Waals surface area contributed by atoms with Gasteiger partial charge < -0.3 is 9.47 Å². The second kappa shape index (κ2) is 9.56. The van der Waals surface area contributed by atoms with Gasteiger partial charge in [0, 0.05) is 5.25 Å². The molecule has 2 aliphatic rings. The molecule has 2 saturated heterocycles. The largest absolute Gasteiger partial charge is 0.495 e. The number of hydrogen-bond acceptors (Lipinski definition) is 7. The Morgan fingerprint density at radius 3 is 1.88 bits per heavy atom.